The van der Waals surface area contributed by atoms with Crippen LogP contribution in [0.1, 0.15) is 24.5 Å². The molecule has 0 spiro atoms. The average Bonchev–Trinajstić information content (AvgIpc) is 2.62. The largest absolute Gasteiger partial charge is 0.339 e. The maximum Gasteiger partial charge on any atom is 0.245 e. The van der Waals surface area contributed by atoms with Gasteiger partial charge in [0, 0.05) is 25.2 Å². The van der Waals surface area contributed by atoms with Crippen molar-refractivity contribution in [3.63, 3.8) is 0 Å². The molecule has 2 aromatic heterocycles. The van der Waals surface area contributed by atoms with Crippen LogP contribution in [0.5, 0.6) is 0 Å². The van der Waals surface area contributed by atoms with Gasteiger partial charge in [-0.25, -0.2) is 9.97 Å². The van der Waals surface area contributed by atoms with Crippen LogP contribution in [-0.2, 0) is 4.79 Å². The van der Waals surface area contributed by atoms with Crippen molar-refractivity contribution >= 4 is 17.5 Å². The number of hydrogen-bond donors (Lipinski definition) is 1. The lowest BCUT2D eigenvalue weighted by Gasteiger charge is -2.31. The number of likely N-dealkylation sites (tertiary alicyclic amines) is 1. The number of rotatable bonds is 4. The topological polar surface area (TPSA) is 71.0 Å². The van der Waals surface area contributed by atoms with Crippen LogP contribution in [0, 0.1) is 0 Å². The van der Waals surface area contributed by atoms with E-state index in [-0.39, 0.29) is 11.8 Å². The van der Waals surface area contributed by atoms with Crippen molar-refractivity contribution in [2.45, 2.75) is 18.8 Å². The van der Waals surface area contributed by atoms with Crippen molar-refractivity contribution in [1.82, 2.24) is 19.9 Å². The normalized spacial score (nSPS) is 17.6. The number of pyridine rings is 1. The van der Waals surface area contributed by atoms with Crippen LogP contribution in [0.4, 0.5) is 11.6 Å². The van der Waals surface area contributed by atoms with Gasteiger partial charge in [0.05, 0.1) is 18.1 Å². The summed E-state index contributed by atoms with van der Waals surface area (Å²) < 4.78 is 0. The van der Waals surface area contributed by atoms with Gasteiger partial charge in [0.1, 0.15) is 11.6 Å². The summed E-state index contributed by atoms with van der Waals surface area (Å²) in [7, 11) is 0. The molecule has 1 aliphatic rings. The number of piperidine rings is 1. The molecule has 3 rings (SSSR count). The monoisotopic (exact) mass is 309 g/mol. The Labute approximate surface area is 135 Å². The summed E-state index contributed by atoms with van der Waals surface area (Å²) >= 11 is 0. The molecule has 118 valence electrons. The Morgan fingerprint density at radius 3 is 2.87 bits per heavy atom. The van der Waals surface area contributed by atoms with E-state index in [1.807, 2.05) is 23.1 Å². The van der Waals surface area contributed by atoms with Crippen LogP contribution in [0.15, 0.2) is 49.4 Å². The number of amides is 1. The first-order valence-corrected chi connectivity index (χ1v) is 7.67. The zero-order valence-corrected chi connectivity index (χ0v) is 12.9. The summed E-state index contributed by atoms with van der Waals surface area (Å²) in [6.07, 6.45) is 8.56. The van der Waals surface area contributed by atoms with Gasteiger partial charge in [-0.15, -0.1) is 0 Å². The van der Waals surface area contributed by atoms with Gasteiger partial charge in [-0.05, 0) is 31.1 Å². The minimum absolute atomic E-state index is 0.0175. The average molecular weight is 309 g/mol. The van der Waals surface area contributed by atoms with Crippen molar-refractivity contribution in [3.05, 3.63) is 55.1 Å². The molecule has 0 radical (unpaired) electrons. The summed E-state index contributed by atoms with van der Waals surface area (Å²) in [4.78, 5) is 26.7. The second-order valence-electron chi connectivity index (χ2n) is 5.49. The fourth-order valence-electron chi connectivity index (χ4n) is 2.73. The SMILES string of the molecule is C=CC(=O)N1CCC[C@H](c2cnc(Nc3ccccn3)cn2)C1. The summed E-state index contributed by atoms with van der Waals surface area (Å²) in [5, 5.41) is 3.11. The van der Waals surface area contributed by atoms with Crippen molar-refractivity contribution in [3.8, 4) is 0 Å². The van der Waals surface area contributed by atoms with E-state index in [2.05, 4.69) is 26.8 Å². The van der Waals surface area contributed by atoms with Crippen LogP contribution in [0.25, 0.3) is 0 Å². The van der Waals surface area contributed by atoms with E-state index < -0.39 is 0 Å². The van der Waals surface area contributed by atoms with Crippen molar-refractivity contribution in [2.75, 3.05) is 18.4 Å². The molecule has 23 heavy (non-hydrogen) atoms. The van der Waals surface area contributed by atoms with Crippen molar-refractivity contribution in [1.29, 1.82) is 0 Å². The smallest absolute Gasteiger partial charge is 0.245 e. The Bertz CT molecular complexity index is 671. The predicted octanol–water partition coefficient (Wildman–Crippen LogP) is 2.51. The molecule has 1 fully saturated rings. The molecule has 1 aliphatic heterocycles. The number of carbonyl (C=O) groups excluding carboxylic acids is 1. The molecule has 0 saturated carbocycles. The highest BCUT2D eigenvalue weighted by Gasteiger charge is 2.24. The first kappa shape index (κ1) is 15.1. The Hall–Kier alpha value is -2.76. The van der Waals surface area contributed by atoms with Crippen LogP contribution in [0.2, 0.25) is 0 Å². The Morgan fingerprint density at radius 2 is 2.17 bits per heavy atom. The molecule has 1 atom stereocenters. The highest BCUT2D eigenvalue weighted by atomic mass is 16.2. The quantitative estimate of drug-likeness (QED) is 0.879. The molecule has 1 N–H and O–H groups in total. The summed E-state index contributed by atoms with van der Waals surface area (Å²) in [5.41, 5.74) is 0.915. The molecule has 1 saturated heterocycles. The number of hydrogen-bond acceptors (Lipinski definition) is 5. The molecule has 2 aromatic rings. The molecule has 0 aliphatic carbocycles. The van der Waals surface area contributed by atoms with E-state index in [0.29, 0.717) is 12.4 Å². The number of nitrogens with one attached hydrogen (secondary N) is 1. The minimum atomic E-state index is -0.0175. The molecule has 0 unspecified atom stereocenters. The van der Waals surface area contributed by atoms with Gasteiger partial charge in [-0.2, -0.15) is 0 Å². The van der Waals surface area contributed by atoms with E-state index in [1.54, 1.807) is 18.6 Å². The fraction of sp³-hybridized carbons (Fsp3) is 0.294. The summed E-state index contributed by atoms with van der Waals surface area (Å²) in [6.45, 7) is 5.01. The minimum Gasteiger partial charge on any atom is -0.339 e. The van der Waals surface area contributed by atoms with Gasteiger partial charge < -0.3 is 10.2 Å². The molecule has 6 nitrogen and oxygen atoms in total. The van der Waals surface area contributed by atoms with Gasteiger partial charge in [-0.3, -0.25) is 9.78 Å². The summed E-state index contributed by atoms with van der Waals surface area (Å²) in [5.74, 6) is 1.59. The van der Waals surface area contributed by atoms with Crippen molar-refractivity contribution in [2.24, 2.45) is 0 Å². The third-order valence-electron chi connectivity index (χ3n) is 3.92. The molecule has 3 heterocycles. The molecular weight excluding hydrogens is 290 g/mol. The highest BCUT2D eigenvalue weighted by molar-refractivity contribution is 5.87. The molecular formula is C17H19N5O. The lowest BCUT2D eigenvalue weighted by molar-refractivity contribution is -0.127. The predicted molar refractivity (Wildman–Crippen MR) is 88.3 cm³/mol. The maximum atomic E-state index is 11.8. The lowest BCUT2D eigenvalue weighted by atomic mass is 9.95. The third-order valence-corrected chi connectivity index (χ3v) is 3.92. The molecule has 0 bridgehead atoms. The zero-order valence-electron chi connectivity index (χ0n) is 12.9. The van der Waals surface area contributed by atoms with E-state index in [4.69, 9.17) is 0 Å². The highest BCUT2D eigenvalue weighted by Crippen LogP contribution is 2.25. The first-order chi connectivity index (χ1) is 11.3. The van der Waals surface area contributed by atoms with Crippen LogP contribution in [0.3, 0.4) is 0 Å². The number of carbonyl (C=O) groups is 1. The fourth-order valence-corrected chi connectivity index (χ4v) is 2.73. The molecule has 6 heteroatoms. The summed E-state index contributed by atoms with van der Waals surface area (Å²) in [6, 6.07) is 5.64. The van der Waals surface area contributed by atoms with Crippen molar-refractivity contribution < 1.29 is 4.79 Å². The second-order valence-corrected chi connectivity index (χ2v) is 5.49. The second kappa shape index (κ2) is 7.00. The Balaban J connectivity index is 1.67. The van der Waals surface area contributed by atoms with Gasteiger partial charge in [-0.1, -0.05) is 12.6 Å². The van der Waals surface area contributed by atoms with Gasteiger partial charge in [0.25, 0.3) is 0 Å². The number of anilines is 2. The maximum absolute atomic E-state index is 11.8. The number of aromatic nitrogens is 3. The van der Waals surface area contributed by atoms with Gasteiger partial charge >= 0.3 is 0 Å². The van der Waals surface area contributed by atoms with E-state index >= 15 is 0 Å². The van der Waals surface area contributed by atoms with Crippen LogP contribution >= 0.6 is 0 Å². The Kier molecular flexibility index (Phi) is 4.61. The van der Waals surface area contributed by atoms with E-state index in [9.17, 15) is 4.79 Å². The third kappa shape index (κ3) is 3.71. The first-order valence-electron chi connectivity index (χ1n) is 7.67. The van der Waals surface area contributed by atoms with E-state index in [0.717, 1.165) is 30.9 Å². The Morgan fingerprint density at radius 1 is 1.26 bits per heavy atom. The van der Waals surface area contributed by atoms with Crippen LogP contribution in [-0.4, -0.2) is 38.8 Å². The van der Waals surface area contributed by atoms with Gasteiger partial charge in [0.2, 0.25) is 5.91 Å². The van der Waals surface area contributed by atoms with E-state index in [1.165, 1.54) is 6.08 Å². The van der Waals surface area contributed by atoms with Crippen LogP contribution < -0.4 is 5.32 Å². The zero-order chi connectivity index (χ0) is 16.1. The molecule has 1 amide bonds. The standard InChI is InChI=1S/C17H19N5O/c1-2-17(23)22-9-5-6-13(12-22)14-10-20-16(11-19-14)21-15-7-3-4-8-18-15/h2-4,7-8,10-11,13H,1,5-6,9,12H2,(H,18,20,21)/t13-/m0/s1. The number of nitrogens with zero attached hydrogens (tertiary/aromatic N) is 4. The lowest BCUT2D eigenvalue weighted by Crippen LogP contribution is -2.38. The molecule has 0 aromatic carbocycles. The van der Waals surface area contributed by atoms with Gasteiger partial charge in [0.15, 0.2) is 0 Å².